The van der Waals surface area contributed by atoms with E-state index in [1.54, 1.807) is 18.2 Å². The molecule has 0 radical (unpaired) electrons. The van der Waals surface area contributed by atoms with Crippen LogP contribution in [0.1, 0.15) is 52.0 Å². The zero-order valence-electron chi connectivity index (χ0n) is 16.4. The Morgan fingerprint density at radius 2 is 1.93 bits per heavy atom. The molecule has 0 saturated heterocycles. The SMILES string of the molecule is CCCCC[C@@H](C)NC(=O)COC(=O)[C@H](C)N=C1NS(=O)(=O)c2ccccc21. The van der Waals surface area contributed by atoms with Crippen LogP contribution in [0.3, 0.4) is 0 Å². The highest BCUT2D eigenvalue weighted by Gasteiger charge is 2.31. The van der Waals surface area contributed by atoms with Crippen molar-refractivity contribution in [3.8, 4) is 0 Å². The maximum atomic E-state index is 12.1. The largest absolute Gasteiger partial charge is 0.454 e. The lowest BCUT2D eigenvalue weighted by Crippen LogP contribution is -2.36. The second kappa shape index (κ2) is 9.68. The van der Waals surface area contributed by atoms with E-state index in [1.165, 1.54) is 13.0 Å². The zero-order valence-corrected chi connectivity index (χ0v) is 17.2. The van der Waals surface area contributed by atoms with Gasteiger partial charge in [-0.1, -0.05) is 38.3 Å². The van der Waals surface area contributed by atoms with Crippen LogP contribution >= 0.6 is 0 Å². The number of benzene rings is 1. The molecule has 1 aliphatic rings. The van der Waals surface area contributed by atoms with Crippen molar-refractivity contribution < 1.29 is 22.7 Å². The molecule has 1 aromatic rings. The Morgan fingerprint density at radius 1 is 1.21 bits per heavy atom. The summed E-state index contributed by atoms with van der Waals surface area (Å²) in [6.07, 6.45) is 4.13. The maximum Gasteiger partial charge on any atom is 0.331 e. The van der Waals surface area contributed by atoms with Gasteiger partial charge in [-0.05, 0) is 32.4 Å². The van der Waals surface area contributed by atoms with Gasteiger partial charge < -0.3 is 10.1 Å². The number of esters is 1. The van der Waals surface area contributed by atoms with Crippen LogP contribution in [0.2, 0.25) is 0 Å². The molecule has 2 rings (SSSR count). The van der Waals surface area contributed by atoms with Gasteiger partial charge in [0.2, 0.25) is 0 Å². The quantitative estimate of drug-likeness (QED) is 0.476. The Labute approximate surface area is 165 Å². The normalized spacial score (nSPS) is 18.0. The van der Waals surface area contributed by atoms with Crippen molar-refractivity contribution in [1.29, 1.82) is 0 Å². The molecule has 2 N–H and O–H groups in total. The number of carbonyl (C=O) groups excluding carboxylic acids is 2. The van der Waals surface area contributed by atoms with Crippen LogP contribution in [0.4, 0.5) is 0 Å². The van der Waals surface area contributed by atoms with E-state index in [9.17, 15) is 18.0 Å². The second-order valence-electron chi connectivity index (χ2n) is 6.83. The number of carbonyl (C=O) groups is 2. The van der Waals surface area contributed by atoms with E-state index in [4.69, 9.17) is 4.74 Å². The fourth-order valence-electron chi connectivity index (χ4n) is 2.82. The van der Waals surface area contributed by atoms with Gasteiger partial charge >= 0.3 is 5.97 Å². The van der Waals surface area contributed by atoms with Crippen LogP contribution in [0.25, 0.3) is 0 Å². The summed E-state index contributed by atoms with van der Waals surface area (Å²) in [6, 6.07) is 5.43. The molecule has 8 nitrogen and oxygen atoms in total. The second-order valence-corrected chi connectivity index (χ2v) is 8.48. The molecule has 154 valence electrons. The van der Waals surface area contributed by atoms with Gasteiger partial charge in [-0.3, -0.25) is 14.5 Å². The van der Waals surface area contributed by atoms with E-state index < -0.39 is 28.6 Å². The van der Waals surface area contributed by atoms with E-state index >= 15 is 0 Å². The third-order valence-corrected chi connectivity index (χ3v) is 5.72. The van der Waals surface area contributed by atoms with Gasteiger partial charge in [-0.2, -0.15) is 0 Å². The molecule has 0 unspecified atom stereocenters. The zero-order chi connectivity index (χ0) is 20.7. The van der Waals surface area contributed by atoms with Crippen molar-refractivity contribution in [2.24, 2.45) is 4.99 Å². The van der Waals surface area contributed by atoms with E-state index in [0.717, 1.165) is 25.7 Å². The van der Waals surface area contributed by atoms with Crippen molar-refractivity contribution in [1.82, 2.24) is 10.0 Å². The van der Waals surface area contributed by atoms with Crippen molar-refractivity contribution in [2.45, 2.75) is 63.4 Å². The number of rotatable bonds is 9. The van der Waals surface area contributed by atoms with E-state index in [2.05, 4.69) is 22.0 Å². The number of hydrogen-bond donors (Lipinski definition) is 2. The number of nitrogens with zero attached hydrogens (tertiary/aromatic N) is 1. The molecule has 2 atom stereocenters. The molecular formula is C19H27N3O5S. The summed E-state index contributed by atoms with van der Waals surface area (Å²) in [5.74, 6) is -0.983. The van der Waals surface area contributed by atoms with Gasteiger partial charge in [0.1, 0.15) is 11.9 Å². The van der Waals surface area contributed by atoms with E-state index in [0.29, 0.717) is 5.56 Å². The monoisotopic (exact) mass is 409 g/mol. The number of sulfonamides is 1. The van der Waals surface area contributed by atoms with E-state index in [1.807, 2.05) is 6.92 Å². The third kappa shape index (κ3) is 5.79. The smallest absolute Gasteiger partial charge is 0.331 e. The van der Waals surface area contributed by atoms with E-state index in [-0.39, 0.29) is 22.7 Å². The third-order valence-electron chi connectivity index (χ3n) is 4.32. The maximum absolute atomic E-state index is 12.1. The number of aliphatic imine (C=N–C) groups is 1. The Hall–Kier alpha value is -2.42. The Bertz CT molecular complexity index is 851. The minimum Gasteiger partial charge on any atom is -0.454 e. The summed E-state index contributed by atoms with van der Waals surface area (Å²) in [6.45, 7) is 5.11. The number of fused-ring (bicyclic) bond motifs is 1. The minimum absolute atomic E-state index is 0.0137. The van der Waals surface area contributed by atoms with Crippen LogP contribution in [0.5, 0.6) is 0 Å². The average Bonchev–Trinajstić information content (AvgIpc) is 2.90. The number of nitrogens with one attached hydrogen (secondary N) is 2. The lowest BCUT2D eigenvalue weighted by atomic mass is 10.1. The highest BCUT2D eigenvalue weighted by atomic mass is 32.2. The van der Waals surface area contributed by atoms with Crippen LogP contribution < -0.4 is 10.0 Å². The topological polar surface area (TPSA) is 114 Å². The first-order valence-corrected chi connectivity index (χ1v) is 10.9. The number of amidine groups is 1. The van der Waals surface area contributed by atoms with Crippen LogP contribution in [0.15, 0.2) is 34.2 Å². The van der Waals surface area contributed by atoms with Crippen LogP contribution in [0, 0.1) is 0 Å². The summed E-state index contributed by atoms with van der Waals surface area (Å²) in [5.41, 5.74) is 0.404. The number of unbranched alkanes of at least 4 members (excludes halogenated alkanes) is 2. The Morgan fingerprint density at radius 3 is 2.64 bits per heavy atom. The number of ether oxygens (including phenoxy) is 1. The van der Waals surface area contributed by atoms with Gasteiger partial charge in [-0.25, -0.2) is 13.2 Å². The van der Waals surface area contributed by atoms with Crippen molar-refractivity contribution in [2.75, 3.05) is 6.61 Å². The van der Waals surface area contributed by atoms with Gasteiger partial charge in [-0.15, -0.1) is 0 Å². The lowest BCUT2D eigenvalue weighted by molar-refractivity contribution is -0.149. The first kappa shape index (κ1) is 21.9. The first-order chi connectivity index (χ1) is 13.2. The van der Waals surface area contributed by atoms with Gasteiger partial charge in [0.05, 0.1) is 4.90 Å². The summed E-state index contributed by atoms with van der Waals surface area (Å²) in [4.78, 5) is 28.2. The standard InChI is InChI=1S/C19H27N3O5S/c1-4-5-6-9-13(2)20-17(23)12-27-19(24)14(3)21-18-15-10-7-8-11-16(15)28(25,26)22-18/h7-8,10-11,13-14H,4-6,9,12H2,1-3H3,(H,20,23)(H,21,22)/t13-,14+/m1/s1. The first-order valence-electron chi connectivity index (χ1n) is 9.40. The summed E-state index contributed by atoms with van der Waals surface area (Å²) in [7, 11) is -3.67. The van der Waals surface area contributed by atoms with Gasteiger partial charge in [0.15, 0.2) is 6.61 Å². The molecule has 0 fully saturated rings. The molecule has 0 saturated carbocycles. The van der Waals surface area contributed by atoms with Crippen molar-refractivity contribution >= 4 is 27.7 Å². The lowest BCUT2D eigenvalue weighted by Gasteiger charge is -2.14. The molecule has 1 aliphatic heterocycles. The fraction of sp³-hybridized carbons (Fsp3) is 0.526. The molecule has 9 heteroatoms. The van der Waals surface area contributed by atoms with Crippen molar-refractivity contribution in [3.05, 3.63) is 29.8 Å². The van der Waals surface area contributed by atoms with Gasteiger partial charge in [0, 0.05) is 11.6 Å². The Balaban J connectivity index is 1.88. The summed E-state index contributed by atoms with van der Waals surface area (Å²) >= 11 is 0. The van der Waals surface area contributed by atoms with Crippen molar-refractivity contribution in [3.63, 3.8) is 0 Å². The highest BCUT2D eigenvalue weighted by Crippen LogP contribution is 2.22. The predicted molar refractivity (Wildman–Crippen MR) is 105 cm³/mol. The molecule has 1 amide bonds. The molecule has 0 bridgehead atoms. The highest BCUT2D eigenvalue weighted by molar-refractivity contribution is 7.90. The van der Waals surface area contributed by atoms with Crippen LogP contribution in [-0.2, 0) is 24.3 Å². The molecule has 1 aromatic carbocycles. The molecule has 28 heavy (non-hydrogen) atoms. The summed E-state index contributed by atoms with van der Waals surface area (Å²) in [5, 5.41) is 2.79. The average molecular weight is 410 g/mol. The fourth-order valence-corrected chi connectivity index (χ4v) is 4.06. The minimum atomic E-state index is -3.67. The molecule has 1 heterocycles. The number of hydrogen-bond acceptors (Lipinski definition) is 6. The molecule has 0 aromatic heterocycles. The van der Waals surface area contributed by atoms with Crippen LogP contribution in [-0.4, -0.2) is 44.8 Å². The number of amides is 1. The predicted octanol–water partition coefficient (Wildman–Crippen LogP) is 1.74. The van der Waals surface area contributed by atoms with Gasteiger partial charge in [0.25, 0.3) is 15.9 Å². The molecule has 0 spiro atoms. The Kier molecular flexibility index (Phi) is 7.56. The summed E-state index contributed by atoms with van der Waals surface area (Å²) < 4.78 is 31.5. The molecular weight excluding hydrogens is 382 g/mol. The molecule has 0 aliphatic carbocycles.